The van der Waals surface area contributed by atoms with E-state index >= 15 is 0 Å². The van der Waals surface area contributed by atoms with Gasteiger partial charge < -0.3 is 10.0 Å². The molecule has 4 nitrogen and oxygen atoms in total. The van der Waals surface area contributed by atoms with E-state index in [9.17, 15) is 9.90 Å². The van der Waals surface area contributed by atoms with Crippen molar-refractivity contribution in [2.24, 2.45) is 0 Å². The van der Waals surface area contributed by atoms with Gasteiger partial charge >= 0.3 is 0 Å². The highest BCUT2D eigenvalue weighted by molar-refractivity contribution is 5.79. The molecule has 1 unspecified atom stereocenters. The molecule has 4 heteroatoms. The van der Waals surface area contributed by atoms with Gasteiger partial charge in [-0.3, -0.25) is 9.69 Å². The molecular formula is C16H28N2O2. The van der Waals surface area contributed by atoms with Gasteiger partial charge in [-0.1, -0.05) is 30.9 Å². The number of carbonyl (C=O) groups excluding carboxylic acids is 1. The smallest absolute Gasteiger partial charge is 0.237 e. The maximum absolute atomic E-state index is 12.5. The maximum Gasteiger partial charge on any atom is 0.237 e. The van der Waals surface area contributed by atoms with Crippen molar-refractivity contribution in [3.63, 3.8) is 0 Å². The van der Waals surface area contributed by atoms with Crippen LogP contribution >= 0.6 is 0 Å². The van der Waals surface area contributed by atoms with Crippen LogP contribution in [0.1, 0.15) is 46.0 Å². The summed E-state index contributed by atoms with van der Waals surface area (Å²) >= 11 is 0. The predicted molar refractivity (Wildman–Crippen MR) is 80.5 cm³/mol. The number of aliphatic hydroxyl groups excluding tert-OH is 1. The zero-order chi connectivity index (χ0) is 14.5. The van der Waals surface area contributed by atoms with Crippen molar-refractivity contribution in [2.45, 2.75) is 58.1 Å². The molecule has 1 aliphatic heterocycles. The van der Waals surface area contributed by atoms with Crippen molar-refractivity contribution in [1.29, 1.82) is 0 Å². The monoisotopic (exact) mass is 280 g/mol. The molecule has 1 saturated heterocycles. The first-order valence-electron chi connectivity index (χ1n) is 7.89. The van der Waals surface area contributed by atoms with Crippen molar-refractivity contribution in [1.82, 2.24) is 9.80 Å². The third kappa shape index (κ3) is 4.32. The minimum absolute atomic E-state index is 0.190. The van der Waals surface area contributed by atoms with Gasteiger partial charge in [0, 0.05) is 25.7 Å². The lowest BCUT2D eigenvalue weighted by molar-refractivity contribution is -0.134. The van der Waals surface area contributed by atoms with Crippen LogP contribution in [0.2, 0.25) is 0 Å². The normalized spacial score (nSPS) is 26.4. The van der Waals surface area contributed by atoms with Gasteiger partial charge in [-0.05, 0) is 26.7 Å². The number of nitrogens with zero attached hydrogens (tertiary/aromatic N) is 2. The summed E-state index contributed by atoms with van der Waals surface area (Å²) in [6.45, 7) is 6.42. The minimum atomic E-state index is -0.422. The quantitative estimate of drug-likeness (QED) is 0.802. The molecule has 1 amide bonds. The second-order valence-electron chi connectivity index (χ2n) is 6.47. The number of hydrogen-bond donors (Lipinski definition) is 1. The molecule has 1 atom stereocenters. The fraction of sp³-hybridized carbons (Fsp3) is 0.812. The molecule has 2 aliphatic rings. The molecule has 20 heavy (non-hydrogen) atoms. The zero-order valence-electron chi connectivity index (χ0n) is 12.8. The number of hydrogen-bond acceptors (Lipinski definition) is 3. The summed E-state index contributed by atoms with van der Waals surface area (Å²) in [6, 6.07) is 0.356. The Balaban J connectivity index is 1.99. The first-order chi connectivity index (χ1) is 9.56. The van der Waals surface area contributed by atoms with Crippen molar-refractivity contribution in [2.75, 3.05) is 26.2 Å². The Labute approximate surface area is 122 Å². The van der Waals surface area contributed by atoms with Gasteiger partial charge in [-0.25, -0.2) is 0 Å². The SMILES string of the molecule is CC(C)=CCN1CC(=O)N(C2CCCCC2)CC(O)C1. The van der Waals surface area contributed by atoms with E-state index in [4.69, 9.17) is 0 Å². The van der Waals surface area contributed by atoms with E-state index in [0.717, 1.165) is 19.4 Å². The second-order valence-corrected chi connectivity index (χ2v) is 6.47. The fourth-order valence-corrected chi connectivity index (χ4v) is 3.23. The van der Waals surface area contributed by atoms with Gasteiger partial charge in [-0.15, -0.1) is 0 Å². The molecule has 2 rings (SSSR count). The van der Waals surface area contributed by atoms with Crippen LogP contribution in [-0.2, 0) is 4.79 Å². The van der Waals surface area contributed by atoms with Crippen LogP contribution in [0.5, 0.6) is 0 Å². The molecule has 1 saturated carbocycles. The van der Waals surface area contributed by atoms with Crippen LogP contribution in [0.15, 0.2) is 11.6 Å². The van der Waals surface area contributed by atoms with Gasteiger partial charge in [0.1, 0.15) is 0 Å². The summed E-state index contributed by atoms with van der Waals surface area (Å²) in [4.78, 5) is 16.5. The van der Waals surface area contributed by atoms with Crippen molar-refractivity contribution in [3.8, 4) is 0 Å². The molecule has 0 bridgehead atoms. The van der Waals surface area contributed by atoms with Crippen molar-refractivity contribution < 1.29 is 9.90 Å². The topological polar surface area (TPSA) is 43.8 Å². The lowest BCUT2D eigenvalue weighted by Crippen LogP contribution is -2.45. The summed E-state index contributed by atoms with van der Waals surface area (Å²) in [7, 11) is 0. The number of amides is 1. The average Bonchev–Trinajstić information content (AvgIpc) is 2.56. The minimum Gasteiger partial charge on any atom is -0.390 e. The van der Waals surface area contributed by atoms with E-state index in [2.05, 4.69) is 24.8 Å². The Bertz CT molecular complexity index is 357. The Morgan fingerprint density at radius 2 is 1.95 bits per heavy atom. The molecule has 0 spiro atoms. The molecule has 0 aromatic rings. The maximum atomic E-state index is 12.5. The Morgan fingerprint density at radius 1 is 1.25 bits per heavy atom. The molecule has 114 valence electrons. The van der Waals surface area contributed by atoms with Crippen LogP contribution in [-0.4, -0.2) is 59.1 Å². The van der Waals surface area contributed by atoms with Crippen LogP contribution in [0.4, 0.5) is 0 Å². The van der Waals surface area contributed by atoms with Crippen molar-refractivity contribution in [3.05, 3.63) is 11.6 Å². The van der Waals surface area contributed by atoms with Crippen LogP contribution < -0.4 is 0 Å². The molecular weight excluding hydrogens is 252 g/mol. The number of allylic oxidation sites excluding steroid dienone is 1. The number of rotatable bonds is 3. The largest absolute Gasteiger partial charge is 0.390 e. The van der Waals surface area contributed by atoms with E-state index in [1.54, 1.807) is 0 Å². The summed E-state index contributed by atoms with van der Waals surface area (Å²) in [5, 5.41) is 10.2. The Morgan fingerprint density at radius 3 is 2.60 bits per heavy atom. The van der Waals surface area contributed by atoms with Gasteiger partial charge in [0.25, 0.3) is 0 Å². The predicted octanol–water partition coefficient (Wildman–Crippen LogP) is 1.79. The molecule has 0 aromatic carbocycles. The second kappa shape index (κ2) is 7.23. The Hall–Kier alpha value is -0.870. The van der Waals surface area contributed by atoms with Crippen LogP contribution in [0.3, 0.4) is 0 Å². The van der Waals surface area contributed by atoms with Gasteiger partial charge in [-0.2, -0.15) is 0 Å². The molecule has 0 aromatic heterocycles. The van der Waals surface area contributed by atoms with E-state index in [-0.39, 0.29) is 5.91 Å². The van der Waals surface area contributed by atoms with Gasteiger partial charge in [0.05, 0.1) is 12.6 Å². The molecule has 2 fully saturated rings. The van der Waals surface area contributed by atoms with Crippen molar-refractivity contribution >= 4 is 5.91 Å². The van der Waals surface area contributed by atoms with Crippen LogP contribution in [0.25, 0.3) is 0 Å². The highest BCUT2D eigenvalue weighted by Gasteiger charge is 2.31. The third-order valence-corrected chi connectivity index (χ3v) is 4.33. The first kappa shape index (κ1) is 15.5. The average molecular weight is 280 g/mol. The number of carbonyl (C=O) groups is 1. The molecule has 1 aliphatic carbocycles. The Kier molecular flexibility index (Phi) is 5.61. The highest BCUT2D eigenvalue weighted by Crippen LogP contribution is 2.24. The summed E-state index contributed by atoms with van der Waals surface area (Å²) < 4.78 is 0. The zero-order valence-corrected chi connectivity index (χ0v) is 12.8. The lowest BCUT2D eigenvalue weighted by Gasteiger charge is -2.34. The first-order valence-corrected chi connectivity index (χ1v) is 7.89. The standard InChI is InChI=1S/C16H28N2O2/c1-13(2)8-9-17-10-15(19)11-18(16(20)12-17)14-6-4-3-5-7-14/h8,14-15,19H,3-7,9-12H2,1-2H3. The van der Waals surface area contributed by atoms with Gasteiger partial charge in [0.15, 0.2) is 0 Å². The number of aliphatic hydroxyl groups is 1. The summed E-state index contributed by atoms with van der Waals surface area (Å²) in [5.74, 6) is 0.190. The highest BCUT2D eigenvalue weighted by atomic mass is 16.3. The summed E-state index contributed by atoms with van der Waals surface area (Å²) in [6.07, 6.45) is 7.62. The summed E-state index contributed by atoms with van der Waals surface area (Å²) in [5.41, 5.74) is 1.25. The molecule has 1 heterocycles. The number of β-amino-alcohol motifs (C(OH)–C–C–N with tert-alkyl or cyclic N) is 1. The molecule has 1 N–H and O–H groups in total. The van der Waals surface area contributed by atoms with Gasteiger partial charge in [0.2, 0.25) is 5.91 Å². The van der Waals surface area contributed by atoms with E-state index in [0.29, 0.717) is 25.7 Å². The van der Waals surface area contributed by atoms with E-state index in [1.807, 2.05) is 4.90 Å². The van der Waals surface area contributed by atoms with Crippen LogP contribution in [0, 0.1) is 0 Å². The van der Waals surface area contributed by atoms with E-state index < -0.39 is 6.10 Å². The third-order valence-electron chi connectivity index (χ3n) is 4.33. The molecule has 0 radical (unpaired) electrons. The lowest BCUT2D eigenvalue weighted by atomic mass is 9.94. The van der Waals surface area contributed by atoms with E-state index in [1.165, 1.54) is 24.8 Å². The fourth-order valence-electron chi connectivity index (χ4n) is 3.23.